The second kappa shape index (κ2) is 8.71. The summed E-state index contributed by atoms with van der Waals surface area (Å²) in [6.45, 7) is 4.18. The Hall–Kier alpha value is -3.13. The number of nitrogens with zero attached hydrogens (tertiary/aromatic N) is 2. The van der Waals surface area contributed by atoms with Crippen molar-refractivity contribution < 1.29 is 19.1 Å². The molecule has 2 heterocycles. The number of aryl methyl sites for hydroxylation is 1. The lowest BCUT2D eigenvalue weighted by Crippen LogP contribution is -2.41. The van der Waals surface area contributed by atoms with Gasteiger partial charge in [-0.05, 0) is 25.1 Å². The second-order valence-corrected chi connectivity index (χ2v) is 6.35. The maximum atomic E-state index is 12.7. The molecule has 0 radical (unpaired) electrons. The molecule has 0 unspecified atom stereocenters. The molecule has 1 aliphatic heterocycles. The molecule has 1 aliphatic rings. The maximum Gasteiger partial charge on any atom is 0.274 e. The fourth-order valence-corrected chi connectivity index (χ4v) is 2.99. The van der Waals surface area contributed by atoms with Gasteiger partial charge in [-0.2, -0.15) is 0 Å². The number of hydrogen-bond donors (Lipinski definition) is 1. The fraction of sp³-hybridized carbons (Fsp3) is 0.350. The molecule has 0 atom stereocenters. The van der Waals surface area contributed by atoms with Gasteiger partial charge in [0, 0.05) is 26.3 Å². The van der Waals surface area contributed by atoms with Crippen LogP contribution in [-0.2, 0) is 11.8 Å². The Morgan fingerprint density at radius 1 is 1.21 bits per heavy atom. The van der Waals surface area contributed by atoms with E-state index in [1.807, 2.05) is 6.92 Å². The normalized spacial score (nSPS) is 13.9. The summed E-state index contributed by atoms with van der Waals surface area (Å²) in [6, 6.07) is 8.21. The van der Waals surface area contributed by atoms with Gasteiger partial charge in [-0.3, -0.25) is 14.4 Å². The van der Waals surface area contributed by atoms with Crippen molar-refractivity contribution in [3.8, 4) is 5.75 Å². The van der Waals surface area contributed by atoms with Crippen LogP contribution in [0, 0.1) is 0 Å². The van der Waals surface area contributed by atoms with Crippen molar-refractivity contribution >= 4 is 17.5 Å². The first-order valence-corrected chi connectivity index (χ1v) is 9.12. The molecule has 0 spiro atoms. The third kappa shape index (κ3) is 4.23. The maximum absolute atomic E-state index is 12.7. The van der Waals surface area contributed by atoms with E-state index in [0.717, 1.165) is 0 Å². The quantitative estimate of drug-likeness (QED) is 0.843. The summed E-state index contributed by atoms with van der Waals surface area (Å²) in [5, 5.41) is 2.62. The molecule has 148 valence electrons. The van der Waals surface area contributed by atoms with Crippen LogP contribution in [0.25, 0.3) is 0 Å². The highest BCUT2D eigenvalue weighted by atomic mass is 16.5. The van der Waals surface area contributed by atoms with Crippen LogP contribution in [0.4, 0.5) is 5.69 Å². The van der Waals surface area contributed by atoms with E-state index in [2.05, 4.69) is 5.32 Å². The number of anilines is 1. The average molecular weight is 385 g/mol. The van der Waals surface area contributed by atoms with Gasteiger partial charge in [0.25, 0.3) is 17.4 Å². The van der Waals surface area contributed by atoms with Gasteiger partial charge in [0.1, 0.15) is 11.4 Å². The highest BCUT2D eigenvalue weighted by Gasteiger charge is 2.21. The first-order chi connectivity index (χ1) is 13.5. The van der Waals surface area contributed by atoms with E-state index < -0.39 is 11.5 Å². The molecule has 1 aromatic heterocycles. The van der Waals surface area contributed by atoms with Gasteiger partial charge in [-0.25, -0.2) is 0 Å². The monoisotopic (exact) mass is 385 g/mol. The number of aromatic nitrogens is 1. The van der Waals surface area contributed by atoms with Crippen molar-refractivity contribution in [2.45, 2.75) is 6.92 Å². The Labute approximate surface area is 162 Å². The van der Waals surface area contributed by atoms with E-state index in [0.29, 0.717) is 49.8 Å². The molecule has 0 aliphatic carbocycles. The van der Waals surface area contributed by atoms with Crippen LogP contribution in [-0.4, -0.2) is 54.2 Å². The number of benzene rings is 1. The molecule has 28 heavy (non-hydrogen) atoms. The number of para-hydroxylation sites is 1. The molecule has 8 heteroatoms. The van der Waals surface area contributed by atoms with Crippen LogP contribution < -0.4 is 15.6 Å². The molecule has 0 saturated carbocycles. The summed E-state index contributed by atoms with van der Waals surface area (Å²) < 4.78 is 12.0. The average Bonchev–Trinajstić information content (AvgIpc) is 2.72. The molecule has 1 aromatic carbocycles. The first kappa shape index (κ1) is 19.6. The third-order valence-corrected chi connectivity index (χ3v) is 4.41. The van der Waals surface area contributed by atoms with Gasteiger partial charge in [0.15, 0.2) is 0 Å². The number of amides is 2. The number of carbonyl (C=O) groups excluding carboxylic acids is 2. The molecule has 1 N–H and O–H groups in total. The van der Waals surface area contributed by atoms with E-state index in [9.17, 15) is 14.4 Å². The SMILES string of the molecule is CCOc1ccccc1C(=O)Nc1cc(C(=O)N2CCOCC2)cn(C)c1=O. The second-order valence-electron chi connectivity index (χ2n) is 6.35. The Bertz CT molecular complexity index is 932. The lowest BCUT2D eigenvalue weighted by Gasteiger charge is -2.27. The van der Waals surface area contributed by atoms with Crippen molar-refractivity contribution in [3.63, 3.8) is 0 Å². The van der Waals surface area contributed by atoms with Crippen LogP contribution in [0.15, 0.2) is 41.3 Å². The third-order valence-electron chi connectivity index (χ3n) is 4.41. The standard InChI is InChI=1S/C20H23N3O5/c1-3-28-17-7-5-4-6-15(17)18(24)21-16-12-14(13-22(2)20(16)26)19(25)23-8-10-27-11-9-23/h4-7,12-13H,3,8-11H2,1-2H3,(H,21,24). The zero-order valence-corrected chi connectivity index (χ0v) is 15.9. The van der Waals surface area contributed by atoms with Crippen molar-refractivity contribution in [1.29, 1.82) is 0 Å². The number of nitrogens with one attached hydrogen (secondary N) is 1. The smallest absolute Gasteiger partial charge is 0.274 e. The molecule has 0 bridgehead atoms. The topological polar surface area (TPSA) is 89.9 Å². The summed E-state index contributed by atoms with van der Waals surface area (Å²) in [5.74, 6) is -0.249. The number of carbonyl (C=O) groups is 2. The molecule has 3 rings (SSSR count). The Morgan fingerprint density at radius 3 is 2.64 bits per heavy atom. The largest absolute Gasteiger partial charge is 0.493 e. The summed E-state index contributed by atoms with van der Waals surface area (Å²) in [7, 11) is 1.54. The molecular formula is C20H23N3O5. The van der Waals surface area contributed by atoms with Crippen LogP contribution in [0.1, 0.15) is 27.6 Å². The van der Waals surface area contributed by atoms with Gasteiger partial charge < -0.3 is 24.3 Å². The summed E-state index contributed by atoms with van der Waals surface area (Å²) in [4.78, 5) is 39.6. The zero-order valence-electron chi connectivity index (χ0n) is 15.9. The minimum absolute atomic E-state index is 0.0397. The minimum atomic E-state index is -0.475. The van der Waals surface area contributed by atoms with Crippen LogP contribution in [0.2, 0.25) is 0 Å². The van der Waals surface area contributed by atoms with Gasteiger partial charge >= 0.3 is 0 Å². The van der Waals surface area contributed by atoms with E-state index in [1.165, 1.54) is 16.8 Å². The molecule has 1 saturated heterocycles. The lowest BCUT2D eigenvalue weighted by atomic mass is 10.1. The first-order valence-electron chi connectivity index (χ1n) is 9.12. The van der Waals surface area contributed by atoms with Crippen molar-refractivity contribution in [1.82, 2.24) is 9.47 Å². The number of morpholine rings is 1. The zero-order chi connectivity index (χ0) is 20.1. The van der Waals surface area contributed by atoms with Gasteiger partial charge in [-0.15, -0.1) is 0 Å². The highest BCUT2D eigenvalue weighted by molar-refractivity contribution is 6.06. The summed E-state index contributed by atoms with van der Waals surface area (Å²) >= 11 is 0. The van der Waals surface area contributed by atoms with Gasteiger partial charge in [0.2, 0.25) is 0 Å². The van der Waals surface area contributed by atoms with Crippen molar-refractivity contribution in [2.24, 2.45) is 7.05 Å². The van der Waals surface area contributed by atoms with Crippen LogP contribution in [0.3, 0.4) is 0 Å². The van der Waals surface area contributed by atoms with E-state index in [4.69, 9.17) is 9.47 Å². The summed E-state index contributed by atoms with van der Waals surface area (Å²) in [6.07, 6.45) is 1.48. The number of hydrogen-bond acceptors (Lipinski definition) is 5. The van der Waals surface area contributed by atoms with Crippen LogP contribution in [0.5, 0.6) is 5.75 Å². The molecule has 2 aromatic rings. The minimum Gasteiger partial charge on any atom is -0.493 e. The number of pyridine rings is 1. The Balaban J connectivity index is 1.88. The van der Waals surface area contributed by atoms with E-state index >= 15 is 0 Å². The van der Waals surface area contributed by atoms with Crippen molar-refractivity contribution in [3.05, 3.63) is 58.0 Å². The number of rotatable bonds is 5. The molecular weight excluding hydrogens is 362 g/mol. The van der Waals surface area contributed by atoms with E-state index in [1.54, 1.807) is 36.2 Å². The predicted octanol–water partition coefficient (Wildman–Crippen LogP) is 1.51. The molecule has 2 amide bonds. The Morgan fingerprint density at radius 2 is 1.93 bits per heavy atom. The highest BCUT2D eigenvalue weighted by Crippen LogP contribution is 2.19. The van der Waals surface area contributed by atoms with Gasteiger partial charge in [-0.1, -0.05) is 12.1 Å². The molecule has 1 fully saturated rings. The van der Waals surface area contributed by atoms with Crippen LogP contribution >= 0.6 is 0 Å². The summed E-state index contributed by atoms with van der Waals surface area (Å²) in [5.41, 5.74) is 0.285. The van der Waals surface area contributed by atoms with Crippen molar-refractivity contribution in [2.75, 3.05) is 38.2 Å². The number of ether oxygens (including phenoxy) is 2. The van der Waals surface area contributed by atoms with E-state index in [-0.39, 0.29) is 11.6 Å². The Kier molecular flexibility index (Phi) is 6.10. The fourth-order valence-electron chi connectivity index (χ4n) is 2.99. The lowest BCUT2D eigenvalue weighted by molar-refractivity contribution is 0.0302. The predicted molar refractivity (Wildman–Crippen MR) is 104 cm³/mol. The van der Waals surface area contributed by atoms with Gasteiger partial charge in [0.05, 0.1) is 30.9 Å². The molecule has 8 nitrogen and oxygen atoms in total.